The summed E-state index contributed by atoms with van der Waals surface area (Å²) >= 11 is 0. The van der Waals surface area contributed by atoms with Crippen molar-refractivity contribution in [2.45, 2.75) is 0 Å². The summed E-state index contributed by atoms with van der Waals surface area (Å²) in [5.41, 5.74) is 7.56. The van der Waals surface area contributed by atoms with Gasteiger partial charge in [0.1, 0.15) is 0 Å². The highest BCUT2D eigenvalue weighted by Crippen LogP contribution is 2.52. The molecular weight excluding hydrogens is 418 g/mol. The van der Waals surface area contributed by atoms with Crippen molar-refractivity contribution in [1.82, 2.24) is 4.98 Å². The van der Waals surface area contributed by atoms with Crippen LogP contribution in [-0.4, -0.2) is 4.98 Å². The maximum atomic E-state index is 9.57. The second kappa shape index (κ2) is 8.23. The van der Waals surface area contributed by atoms with E-state index < -0.39 is 0 Å². The lowest BCUT2D eigenvalue weighted by atomic mass is 9.96. The number of aromatic nitrogens is 1. The zero-order valence-electron chi connectivity index (χ0n) is 18.2. The molecule has 4 aromatic carbocycles. The molecule has 1 aliphatic rings. The Hall–Kier alpha value is -4.88. The molecule has 1 aliphatic heterocycles. The standard InChI is InChI=1S/C30H19N3O/c31-19-23-16-17-32-20-25(23)22-9-7-8-21(18-22)24-10-1-2-11-26(24)33-27-12-3-5-14-29(27)34-30-15-6-4-13-28(30)33/h1-18,20H. The van der Waals surface area contributed by atoms with Crippen LogP contribution in [0.25, 0.3) is 22.3 Å². The van der Waals surface area contributed by atoms with Gasteiger partial charge < -0.3 is 9.64 Å². The molecule has 0 saturated carbocycles. The number of para-hydroxylation sites is 5. The van der Waals surface area contributed by atoms with Crippen LogP contribution in [-0.2, 0) is 0 Å². The van der Waals surface area contributed by atoms with Gasteiger partial charge in [-0.15, -0.1) is 0 Å². The summed E-state index contributed by atoms with van der Waals surface area (Å²) in [7, 11) is 0. The molecule has 0 bridgehead atoms. The number of benzene rings is 4. The number of anilines is 3. The SMILES string of the molecule is N#Cc1ccncc1-c1cccc(-c2ccccc2N2c3ccccc3Oc3ccccc32)c1. The van der Waals surface area contributed by atoms with E-state index in [-0.39, 0.29) is 0 Å². The minimum Gasteiger partial charge on any atom is -0.453 e. The van der Waals surface area contributed by atoms with Crippen molar-refractivity contribution in [3.05, 3.63) is 121 Å². The lowest BCUT2D eigenvalue weighted by Gasteiger charge is -2.34. The topological polar surface area (TPSA) is 49.2 Å². The molecule has 0 spiro atoms. The Morgan fingerprint density at radius 2 is 1.26 bits per heavy atom. The van der Waals surface area contributed by atoms with Gasteiger partial charge in [0, 0.05) is 23.5 Å². The van der Waals surface area contributed by atoms with Crippen LogP contribution < -0.4 is 9.64 Å². The minimum atomic E-state index is 0.608. The lowest BCUT2D eigenvalue weighted by molar-refractivity contribution is 0.477. The molecule has 4 nitrogen and oxygen atoms in total. The average Bonchev–Trinajstić information content (AvgIpc) is 2.92. The van der Waals surface area contributed by atoms with Crippen molar-refractivity contribution >= 4 is 17.1 Å². The molecular formula is C30H19N3O. The zero-order valence-corrected chi connectivity index (χ0v) is 18.2. The molecule has 160 valence electrons. The van der Waals surface area contributed by atoms with Gasteiger partial charge in [-0.2, -0.15) is 5.26 Å². The van der Waals surface area contributed by atoms with E-state index >= 15 is 0 Å². The van der Waals surface area contributed by atoms with Crippen molar-refractivity contribution in [3.63, 3.8) is 0 Å². The van der Waals surface area contributed by atoms with Crippen molar-refractivity contribution in [2.24, 2.45) is 0 Å². The van der Waals surface area contributed by atoms with Crippen molar-refractivity contribution < 1.29 is 4.74 Å². The number of ether oxygens (including phenoxy) is 1. The summed E-state index contributed by atoms with van der Waals surface area (Å²) in [5.74, 6) is 1.64. The summed E-state index contributed by atoms with van der Waals surface area (Å²) in [6, 6.07) is 36.8. The Bertz CT molecular complexity index is 1520. The van der Waals surface area contributed by atoms with Gasteiger partial charge in [-0.1, -0.05) is 60.7 Å². The first kappa shape index (κ1) is 19.8. The molecule has 0 N–H and O–H groups in total. The predicted octanol–water partition coefficient (Wildman–Crippen LogP) is 7.86. The van der Waals surface area contributed by atoms with Gasteiger partial charge in [0.05, 0.1) is 28.7 Å². The number of fused-ring (bicyclic) bond motifs is 2. The highest BCUT2D eigenvalue weighted by molar-refractivity contribution is 5.93. The number of hydrogen-bond donors (Lipinski definition) is 0. The molecule has 6 rings (SSSR count). The van der Waals surface area contributed by atoms with E-state index in [1.54, 1.807) is 18.5 Å². The molecule has 0 saturated heterocycles. The Morgan fingerprint density at radius 1 is 0.647 bits per heavy atom. The lowest BCUT2D eigenvalue weighted by Crippen LogP contribution is -2.16. The van der Waals surface area contributed by atoms with E-state index in [2.05, 4.69) is 64.5 Å². The molecule has 0 aliphatic carbocycles. The van der Waals surface area contributed by atoms with Crippen LogP contribution in [0, 0.1) is 11.3 Å². The predicted molar refractivity (Wildman–Crippen MR) is 135 cm³/mol. The third-order valence-electron chi connectivity index (χ3n) is 6.00. The minimum absolute atomic E-state index is 0.608. The monoisotopic (exact) mass is 437 g/mol. The average molecular weight is 438 g/mol. The van der Waals surface area contributed by atoms with Crippen molar-refractivity contribution in [3.8, 4) is 39.8 Å². The molecule has 5 aromatic rings. The number of nitrogens with zero attached hydrogens (tertiary/aromatic N) is 3. The molecule has 0 unspecified atom stereocenters. The third kappa shape index (κ3) is 3.28. The number of hydrogen-bond acceptors (Lipinski definition) is 4. The van der Waals surface area contributed by atoms with Crippen LogP contribution in [0.4, 0.5) is 17.1 Å². The summed E-state index contributed by atoms with van der Waals surface area (Å²) < 4.78 is 6.20. The molecule has 0 radical (unpaired) electrons. The van der Waals surface area contributed by atoms with E-state index in [0.29, 0.717) is 5.56 Å². The van der Waals surface area contributed by atoms with E-state index in [1.165, 1.54) is 0 Å². The highest BCUT2D eigenvalue weighted by Gasteiger charge is 2.27. The van der Waals surface area contributed by atoms with Gasteiger partial charge >= 0.3 is 0 Å². The third-order valence-corrected chi connectivity index (χ3v) is 6.00. The van der Waals surface area contributed by atoms with Gasteiger partial charge in [0.25, 0.3) is 0 Å². The maximum absolute atomic E-state index is 9.57. The summed E-state index contributed by atoms with van der Waals surface area (Å²) in [6.07, 6.45) is 3.40. The summed E-state index contributed by atoms with van der Waals surface area (Å²) in [6.45, 7) is 0. The van der Waals surface area contributed by atoms with Gasteiger partial charge in [-0.05, 0) is 53.6 Å². The first-order valence-corrected chi connectivity index (χ1v) is 11.0. The molecule has 0 amide bonds. The van der Waals surface area contributed by atoms with E-state index in [1.807, 2.05) is 48.5 Å². The number of pyridine rings is 1. The second-order valence-electron chi connectivity index (χ2n) is 8.00. The molecule has 0 atom stereocenters. The van der Waals surface area contributed by atoms with Crippen LogP contribution in [0.15, 0.2) is 116 Å². The van der Waals surface area contributed by atoms with Crippen LogP contribution in [0.3, 0.4) is 0 Å². The fraction of sp³-hybridized carbons (Fsp3) is 0. The molecule has 34 heavy (non-hydrogen) atoms. The van der Waals surface area contributed by atoms with Gasteiger partial charge in [-0.3, -0.25) is 4.98 Å². The van der Waals surface area contributed by atoms with E-state index in [9.17, 15) is 5.26 Å². The Labute approximate surface area is 198 Å². The Balaban J connectivity index is 1.54. The van der Waals surface area contributed by atoms with Gasteiger partial charge in [-0.25, -0.2) is 0 Å². The first-order chi connectivity index (χ1) is 16.8. The first-order valence-electron chi connectivity index (χ1n) is 11.0. The zero-order chi connectivity index (χ0) is 22.9. The molecule has 2 heterocycles. The normalized spacial score (nSPS) is 11.7. The quantitative estimate of drug-likeness (QED) is 0.283. The fourth-order valence-corrected chi connectivity index (χ4v) is 4.45. The number of nitriles is 1. The summed E-state index contributed by atoms with van der Waals surface area (Å²) in [4.78, 5) is 6.49. The van der Waals surface area contributed by atoms with E-state index in [0.717, 1.165) is 50.8 Å². The highest BCUT2D eigenvalue weighted by atomic mass is 16.5. The molecule has 1 aromatic heterocycles. The maximum Gasteiger partial charge on any atom is 0.151 e. The number of rotatable bonds is 3. The van der Waals surface area contributed by atoms with Crippen LogP contribution in [0.2, 0.25) is 0 Å². The summed E-state index contributed by atoms with van der Waals surface area (Å²) in [5, 5.41) is 9.57. The molecule has 4 heteroatoms. The Morgan fingerprint density at radius 3 is 1.97 bits per heavy atom. The molecule has 0 fully saturated rings. The van der Waals surface area contributed by atoms with Crippen LogP contribution in [0.1, 0.15) is 5.56 Å². The second-order valence-corrected chi connectivity index (χ2v) is 8.00. The van der Waals surface area contributed by atoms with E-state index in [4.69, 9.17) is 4.74 Å². The largest absolute Gasteiger partial charge is 0.453 e. The van der Waals surface area contributed by atoms with Crippen LogP contribution in [0.5, 0.6) is 11.5 Å². The van der Waals surface area contributed by atoms with Crippen LogP contribution >= 0.6 is 0 Å². The van der Waals surface area contributed by atoms with Crippen molar-refractivity contribution in [2.75, 3.05) is 4.90 Å². The fourth-order valence-electron chi connectivity index (χ4n) is 4.45. The van der Waals surface area contributed by atoms with Gasteiger partial charge in [0.15, 0.2) is 11.5 Å². The van der Waals surface area contributed by atoms with Crippen molar-refractivity contribution in [1.29, 1.82) is 5.26 Å². The Kier molecular flexibility index (Phi) is 4.79. The van der Waals surface area contributed by atoms with Gasteiger partial charge in [0.2, 0.25) is 0 Å². The smallest absolute Gasteiger partial charge is 0.151 e.